The van der Waals surface area contributed by atoms with Gasteiger partial charge in [-0.3, -0.25) is 0 Å². The molecule has 0 fully saturated rings. The van der Waals surface area contributed by atoms with Crippen LogP contribution in [0, 0.1) is 10.6 Å². The number of hydrogen-bond donors (Lipinski definition) is 1. The molecular formula is C15H11Cl2FN2S. The smallest absolute Gasteiger partial charge is 0.178 e. The molecule has 0 bridgehead atoms. The summed E-state index contributed by atoms with van der Waals surface area (Å²) in [7, 11) is 0. The van der Waals surface area contributed by atoms with Gasteiger partial charge in [-0.1, -0.05) is 29.3 Å². The molecule has 0 saturated heterocycles. The van der Waals surface area contributed by atoms with Gasteiger partial charge in [-0.25, -0.2) is 4.39 Å². The fourth-order valence-corrected chi connectivity index (χ4v) is 3.12. The van der Waals surface area contributed by atoms with E-state index in [9.17, 15) is 4.39 Å². The molecule has 0 spiro atoms. The maximum Gasteiger partial charge on any atom is 0.178 e. The number of fused-ring (bicyclic) bond motifs is 1. The molecule has 0 aliphatic heterocycles. The van der Waals surface area contributed by atoms with Crippen LogP contribution < -0.4 is 0 Å². The number of nitrogens with one attached hydrogen (secondary N) is 1. The van der Waals surface area contributed by atoms with Gasteiger partial charge in [-0.15, -0.1) is 0 Å². The van der Waals surface area contributed by atoms with E-state index in [1.54, 1.807) is 12.1 Å². The maximum absolute atomic E-state index is 13.2. The normalized spacial score (nSPS) is 11.2. The van der Waals surface area contributed by atoms with Crippen LogP contribution in [0.4, 0.5) is 4.39 Å². The number of H-pyrrole nitrogens is 1. The number of aromatic amines is 1. The first kappa shape index (κ1) is 14.6. The molecule has 108 valence electrons. The predicted octanol–water partition coefficient (Wildman–Crippen LogP) is 5.39. The van der Waals surface area contributed by atoms with Crippen LogP contribution in [0.15, 0.2) is 36.4 Å². The number of aryl methyl sites for hydroxylation is 2. The summed E-state index contributed by atoms with van der Waals surface area (Å²) in [6, 6.07) is 10.0. The largest absolute Gasteiger partial charge is 0.330 e. The van der Waals surface area contributed by atoms with Gasteiger partial charge in [-0.05, 0) is 54.5 Å². The Hall–Kier alpha value is -1.36. The second-order valence-electron chi connectivity index (χ2n) is 4.73. The lowest BCUT2D eigenvalue weighted by atomic mass is 10.1. The van der Waals surface area contributed by atoms with Gasteiger partial charge in [0.1, 0.15) is 5.82 Å². The zero-order valence-corrected chi connectivity index (χ0v) is 13.2. The van der Waals surface area contributed by atoms with Crippen LogP contribution in [0.3, 0.4) is 0 Å². The molecule has 1 N–H and O–H groups in total. The number of rotatable bonds is 3. The fraction of sp³-hybridized carbons (Fsp3) is 0.133. The van der Waals surface area contributed by atoms with Crippen molar-refractivity contribution in [3.05, 3.63) is 62.6 Å². The predicted molar refractivity (Wildman–Crippen MR) is 87.2 cm³/mol. The molecule has 0 unspecified atom stereocenters. The van der Waals surface area contributed by atoms with Gasteiger partial charge in [0.2, 0.25) is 0 Å². The van der Waals surface area contributed by atoms with Gasteiger partial charge >= 0.3 is 0 Å². The number of nitrogens with zero attached hydrogens (tertiary/aromatic N) is 1. The van der Waals surface area contributed by atoms with E-state index in [1.165, 1.54) is 12.1 Å². The Morgan fingerprint density at radius 3 is 2.71 bits per heavy atom. The van der Waals surface area contributed by atoms with Crippen molar-refractivity contribution in [3.8, 4) is 0 Å². The molecule has 0 saturated carbocycles. The van der Waals surface area contributed by atoms with Crippen molar-refractivity contribution >= 4 is 46.5 Å². The van der Waals surface area contributed by atoms with Crippen molar-refractivity contribution in [1.29, 1.82) is 0 Å². The van der Waals surface area contributed by atoms with Gasteiger partial charge in [0.25, 0.3) is 0 Å². The number of hydrogen-bond acceptors (Lipinski definition) is 1. The first-order chi connectivity index (χ1) is 10.0. The van der Waals surface area contributed by atoms with Crippen molar-refractivity contribution < 1.29 is 4.39 Å². The third kappa shape index (κ3) is 2.98. The highest BCUT2D eigenvalue weighted by atomic mass is 35.5. The molecule has 0 radical (unpaired) electrons. The van der Waals surface area contributed by atoms with E-state index in [0.29, 0.717) is 33.3 Å². The lowest BCUT2D eigenvalue weighted by molar-refractivity contribution is 0.629. The molecular weight excluding hydrogens is 330 g/mol. The van der Waals surface area contributed by atoms with Gasteiger partial charge in [0.15, 0.2) is 4.77 Å². The third-order valence-corrected chi connectivity index (χ3v) is 4.27. The standard InChI is InChI=1S/C15H11Cl2FN2S/c16-10-2-1-9(12(17)7-10)5-6-20-14-4-3-11(18)8-13(14)19-15(20)21/h1-4,7-8H,5-6H2,(H,19,21). The van der Waals surface area contributed by atoms with Gasteiger partial charge in [0, 0.05) is 16.6 Å². The second kappa shape index (κ2) is 5.79. The Balaban J connectivity index is 1.91. The minimum absolute atomic E-state index is 0.286. The molecule has 2 nitrogen and oxygen atoms in total. The maximum atomic E-state index is 13.2. The zero-order valence-electron chi connectivity index (χ0n) is 10.9. The minimum Gasteiger partial charge on any atom is -0.330 e. The average Bonchev–Trinajstić information content (AvgIpc) is 2.72. The Morgan fingerprint density at radius 2 is 1.95 bits per heavy atom. The van der Waals surface area contributed by atoms with Crippen LogP contribution in [0.2, 0.25) is 10.0 Å². The summed E-state index contributed by atoms with van der Waals surface area (Å²) in [5.74, 6) is -0.286. The monoisotopic (exact) mass is 340 g/mol. The molecule has 1 aromatic heterocycles. The van der Waals surface area contributed by atoms with Crippen LogP contribution in [-0.4, -0.2) is 9.55 Å². The lowest BCUT2D eigenvalue weighted by Gasteiger charge is -2.07. The minimum atomic E-state index is -0.286. The van der Waals surface area contributed by atoms with E-state index >= 15 is 0 Å². The summed E-state index contributed by atoms with van der Waals surface area (Å²) in [6.45, 7) is 0.659. The molecule has 1 heterocycles. The van der Waals surface area contributed by atoms with E-state index in [4.69, 9.17) is 35.4 Å². The molecule has 21 heavy (non-hydrogen) atoms. The van der Waals surface area contributed by atoms with Crippen molar-refractivity contribution in [2.24, 2.45) is 0 Å². The van der Waals surface area contributed by atoms with Crippen molar-refractivity contribution in [2.45, 2.75) is 13.0 Å². The topological polar surface area (TPSA) is 20.7 Å². The van der Waals surface area contributed by atoms with Crippen LogP contribution in [-0.2, 0) is 13.0 Å². The first-order valence-electron chi connectivity index (χ1n) is 6.36. The lowest BCUT2D eigenvalue weighted by Crippen LogP contribution is -2.02. The van der Waals surface area contributed by atoms with Crippen LogP contribution in [0.25, 0.3) is 11.0 Å². The van der Waals surface area contributed by atoms with E-state index < -0.39 is 0 Å². The summed E-state index contributed by atoms with van der Waals surface area (Å²) >= 11 is 17.4. The van der Waals surface area contributed by atoms with E-state index in [-0.39, 0.29) is 5.82 Å². The molecule has 3 aromatic rings. The molecule has 3 rings (SSSR count). The summed E-state index contributed by atoms with van der Waals surface area (Å²) in [4.78, 5) is 3.01. The van der Waals surface area contributed by atoms with Crippen molar-refractivity contribution in [1.82, 2.24) is 9.55 Å². The summed E-state index contributed by atoms with van der Waals surface area (Å²) in [5, 5.41) is 1.25. The zero-order chi connectivity index (χ0) is 15.0. The third-order valence-electron chi connectivity index (χ3n) is 3.36. The Kier molecular flexibility index (Phi) is 4.02. The molecule has 0 aliphatic rings. The molecule has 6 heteroatoms. The summed E-state index contributed by atoms with van der Waals surface area (Å²) in [5.41, 5.74) is 2.58. The van der Waals surface area contributed by atoms with Crippen LogP contribution in [0.1, 0.15) is 5.56 Å². The first-order valence-corrected chi connectivity index (χ1v) is 7.53. The van der Waals surface area contributed by atoms with Crippen LogP contribution >= 0.6 is 35.4 Å². The van der Waals surface area contributed by atoms with Gasteiger partial charge < -0.3 is 9.55 Å². The number of benzene rings is 2. The highest BCUT2D eigenvalue weighted by Crippen LogP contribution is 2.23. The Labute approximate surface area is 136 Å². The van der Waals surface area contributed by atoms with Gasteiger partial charge in [0.05, 0.1) is 11.0 Å². The number of halogens is 3. The number of aromatic nitrogens is 2. The molecule has 0 amide bonds. The van der Waals surface area contributed by atoms with E-state index in [2.05, 4.69) is 4.98 Å². The second-order valence-corrected chi connectivity index (χ2v) is 5.96. The van der Waals surface area contributed by atoms with Crippen molar-refractivity contribution in [2.75, 3.05) is 0 Å². The number of imidazole rings is 1. The van der Waals surface area contributed by atoms with Gasteiger partial charge in [-0.2, -0.15) is 0 Å². The molecule has 0 aliphatic carbocycles. The Bertz CT molecular complexity index is 870. The molecule has 2 aromatic carbocycles. The van der Waals surface area contributed by atoms with E-state index in [0.717, 1.165) is 11.1 Å². The van der Waals surface area contributed by atoms with Crippen molar-refractivity contribution in [3.63, 3.8) is 0 Å². The van der Waals surface area contributed by atoms with Crippen LogP contribution in [0.5, 0.6) is 0 Å². The molecule has 0 atom stereocenters. The Morgan fingerprint density at radius 1 is 1.14 bits per heavy atom. The highest BCUT2D eigenvalue weighted by Gasteiger charge is 2.07. The summed E-state index contributed by atoms with van der Waals surface area (Å²) in [6.07, 6.45) is 0.717. The fourth-order valence-electron chi connectivity index (χ4n) is 2.31. The average molecular weight is 341 g/mol. The van der Waals surface area contributed by atoms with E-state index in [1.807, 2.05) is 16.7 Å². The SMILES string of the molecule is Fc1ccc2c(c1)[nH]c(=S)n2CCc1ccc(Cl)cc1Cl. The quantitative estimate of drug-likeness (QED) is 0.634. The highest BCUT2D eigenvalue weighted by molar-refractivity contribution is 7.71. The summed E-state index contributed by atoms with van der Waals surface area (Å²) < 4.78 is 15.7.